The Balaban J connectivity index is 2.07. The van der Waals surface area contributed by atoms with Gasteiger partial charge < -0.3 is 5.32 Å². The lowest BCUT2D eigenvalue weighted by molar-refractivity contribution is 0.664. The van der Waals surface area contributed by atoms with E-state index in [-0.39, 0.29) is 0 Å². The lowest BCUT2D eigenvalue weighted by Gasteiger charge is -2.19. The Bertz CT molecular complexity index is 644. The first-order valence-electron chi connectivity index (χ1n) is 7.83. The first-order chi connectivity index (χ1) is 10.2. The van der Waals surface area contributed by atoms with E-state index in [9.17, 15) is 0 Å². The molecule has 1 aliphatic rings. The van der Waals surface area contributed by atoms with Crippen molar-refractivity contribution in [2.75, 3.05) is 11.9 Å². The number of anilines is 1. The highest BCUT2D eigenvalue weighted by atomic mass is 15.3. The van der Waals surface area contributed by atoms with Gasteiger partial charge in [0.2, 0.25) is 0 Å². The SMILES string of the molecule is CCCNc1nc(-c2cnn(C)c2C)nc2c1CCCC2. The van der Waals surface area contributed by atoms with Crippen LogP contribution in [0.2, 0.25) is 0 Å². The molecule has 0 saturated heterocycles. The van der Waals surface area contributed by atoms with Crippen LogP contribution in [0.1, 0.15) is 43.1 Å². The van der Waals surface area contributed by atoms with Crippen LogP contribution in [0.25, 0.3) is 11.4 Å². The molecule has 2 heterocycles. The van der Waals surface area contributed by atoms with Crippen molar-refractivity contribution in [3.05, 3.63) is 23.1 Å². The first kappa shape index (κ1) is 14.0. The number of nitrogens with zero attached hydrogens (tertiary/aromatic N) is 4. The molecule has 0 aromatic carbocycles. The molecule has 2 aromatic heterocycles. The van der Waals surface area contributed by atoms with Crippen molar-refractivity contribution in [3.63, 3.8) is 0 Å². The fourth-order valence-corrected chi connectivity index (χ4v) is 2.82. The van der Waals surface area contributed by atoms with E-state index in [1.165, 1.54) is 24.1 Å². The molecule has 0 bridgehead atoms. The van der Waals surface area contributed by atoms with E-state index in [0.717, 1.165) is 48.7 Å². The monoisotopic (exact) mass is 285 g/mol. The van der Waals surface area contributed by atoms with Crippen LogP contribution in [0.3, 0.4) is 0 Å². The average molecular weight is 285 g/mol. The third-order valence-electron chi connectivity index (χ3n) is 4.20. The third-order valence-corrected chi connectivity index (χ3v) is 4.20. The molecule has 2 aromatic rings. The maximum absolute atomic E-state index is 4.82. The van der Waals surface area contributed by atoms with E-state index in [1.807, 2.05) is 17.9 Å². The molecule has 0 amide bonds. The van der Waals surface area contributed by atoms with Crippen LogP contribution in [-0.2, 0) is 19.9 Å². The highest BCUT2D eigenvalue weighted by molar-refractivity contribution is 5.61. The number of hydrogen-bond acceptors (Lipinski definition) is 4. The van der Waals surface area contributed by atoms with Gasteiger partial charge in [0, 0.05) is 30.5 Å². The number of rotatable bonds is 4. The number of hydrogen-bond donors (Lipinski definition) is 1. The highest BCUT2D eigenvalue weighted by Gasteiger charge is 2.19. The first-order valence-corrected chi connectivity index (χ1v) is 7.83. The van der Waals surface area contributed by atoms with Crippen LogP contribution in [0.15, 0.2) is 6.20 Å². The minimum Gasteiger partial charge on any atom is -0.370 e. The molecule has 0 radical (unpaired) electrons. The topological polar surface area (TPSA) is 55.6 Å². The number of aromatic nitrogens is 4. The Hall–Kier alpha value is -1.91. The van der Waals surface area contributed by atoms with E-state index < -0.39 is 0 Å². The van der Waals surface area contributed by atoms with Crippen LogP contribution in [0.4, 0.5) is 5.82 Å². The van der Waals surface area contributed by atoms with Gasteiger partial charge in [-0.2, -0.15) is 5.10 Å². The molecule has 112 valence electrons. The molecule has 0 spiro atoms. The molecule has 0 aliphatic heterocycles. The molecule has 0 atom stereocenters. The van der Waals surface area contributed by atoms with Gasteiger partial charge >= 0.3 is 0 Å². The minimum absolute atomic E-state index is 0.805. The predicted octanol–water partition coefficient (Wildman–Crippen LogP) is 2.89. The van der Waals surface area contributed by atoms with Gasteiger partial charge in [0.15, 0.2) is 5.82 Å². The Kier molecular flexibility index (Phi) is 3.90. The molecular weight excluding hydrogens is 262 g/mol. The second-order valence-corrected chi connectivity index (χ2v) is 5.72. The Labute approximate surface area is 125 Å². The lowest BCUT2D eigenvalue weighted by Crippen LogP contribution is -2.14. The van der Waals surface area contributed by atoms with E-state index >= 15 is 0 Å². The van der Waals surface area contributed by atoms with E-state index in [2.05, 4.69) is 24.3 Å². The molecular formula is C16H23N5. The fraction of sp³-hybridized carbons (Fsp3) is 0.562. The lowest BCUT2D eigenvalue weighted by atomic mass is 9.96. The van der Waals surface area contributed by atoms with E-state index in [1.54, 1.807) is 0 Å². The summed E-state index contributed by atoms with van der Waals surface area (Å²) in [5, 5.41) is 7.79. The summed E-state index contributed by atoms with van der Waals surface area (Å²) in [4.78, 5) is 9.61. The molecule has 1 N–H and O–H groups in total. The molecule has 1 aliphatic carbocycles. The molecule has 0 fully saturated rings. The van der Waals surface area contributed by atoms with Crippen LogP contribution >= 0.6 is 0 Å². The molecule has 3 rings (SSSR count). The zero-order valence-corrected chi connectivity index (χ0v) is 13.1. The molecule has 21 heavy (non-hydrogen) atoms. The van der Waals surface area contributed by atoms with Gasteiger partial charge in [-0.25, -0.2) is 9.97 Å². The number of nitrogens with one attached hydrogen (secondary N) is 1. The maximum atomic E-state index is 4.82. The van der Waals surface area contributed by atoms with Gasteiger partial charge in [0.05, 0.1) is 11.8 Å². The van der Waals surface area contributed by atoms with Gasteiger partial charge in [-0.15, -0.1) is 0 Å². The minimum atomic E-state index is 0.805. The van der Waals surface area contributed by atoms with Crippen molar-refractivity contribution in [3.8, 4) is 11.4 Å². The second kappa shape index (κ2) is 5.84. The quantitative estimate of drug-likeness (QED) is 0.938. The molecule has 0 saturated carbocycles. The normalized spacial score (nSPS) is 14.0. The van der Waals surface area contributed by atoms with E-state index in [4.69, 9.17) is 9.97 Å². The third kappa shape index (κ3) is 2.64. The fourth-order valence-electron chi connectivity index (χ4n) is 2.82. The summed E-state index contributed by atoms with van der Waals surface area (Å²) in [6.45, 7) is 5.19. The van der Waals surface area contributed by atoms with Gasteiger partial charge in [-0.3, -0.25) is 4.68 Å². The van der Waals surface area contributed by atoms with Crippen LogP contribution in [-0.4, -0.2) is 26.3 Å². The Morgan fingerprint density at radius 3 is 2.76 bits per heavy atom. The zero-order valence-electron chi connectivity index (χ0n) is 13.1. The van der Waals surface area contributed by atoms with Crippen molar-refractivity contribution in [1.82, 2.24) is 19.7 Å². The van der Waals surface area contributed by atoms with E-state index in [0.29, 0.717) is 0 Å². The molecule has 5 heteroatoms. The summed E-state index contributed by atoms with van der Waals surface area (Å²) in [6.07, 6.45) is 7.58. The second-order valence-electron chi connectivity index (χ2n) is 5.72. The van der Waals surface area contributed by atoms with Crippen LogP contribution in [0.5, 0.6) is 0 Å². The van der Waals surface area contributed by atoms with Gasteiger partial charge in [-0.1, -0.05) is 6.92 Å². The summed E-state index contributed by atoms with van der Waals surface area (Å²) in [6, 6.07) is 0. The standard InChI is InChI=1S/C16H23N5/c1-4-9-17-15-12-7-5-6-8-14(12)19-16(20-15)13-10-18-21(3)11(13)2/h10H,4-9H2,1-3H3,(H,17,19,20). The van der Waals surface area contributed by atoms with Gasteiger partial charge in [0.1, 0.15) is 5.82 Å². The summed E-state index contributed by atoms with van der Waals surface area (Å²) in [5.41, 5.74) is 4.67. The van der Waals surface area contributed by atoms with Gasteiger partial charge in [0.25, 0.3) is 0 Å². The van der Waals surface area contributed by atoms with Crippen LogP contribution in [0, 0.1) is 6.92 Å². The number of fused-ring (bicyclic) bond motifs is 1. The van der Waals surface area contributed by atoms with Crippen molar-refractivity contribution in [1.29, 1.82) is 0 Å². The highest BCUT2D eigenvalue weighted by Crippen LogP contribution is 2.29. The summed E-state index contributed by atoms with van der Waals surface area (Å²) >= 11 is 0. The summed E-state index contributed by atoms with van der Waals surface area (Å²) in [7, 11) is 1.95. The smallest absolute Gasteiger partial charge is 0.165 e. The predicted molar refractivity (Wildman–Crippen MR) is 84.4 cm³/mol. The van der Waals surface area contributed by atoms with Crippen molar-refractivity contribution in [2.24, 2.45) is 7.05 Å². The zero-order chi connectivity index (χ0) is 14.8. The summed E-state index contributed by atoms with van der Waals surface area (Å²) < 4.78 is 1.87. The Morgan fingerprint density at radius 1 is 1.24 bits per heavy atom. The van der Waals surface area contributed by atoms with Gasteiger partial charge in [-0.05, 0) is 39.0 Å². The Morgan fingerprint density at radius 2 is 2.05 bits per heavy atom. The van der Waals surface area contributed by atoms with Crippen molar-refractivity contribution < 1.29 is 0 Å². The molecule has 0 unspecified atom stereocenters. The van der Waals surface area contributed by atoms with Crippen molar-refractivity contribution >= 4 is 5.82 Å². The average Bonchev–Trinajstić information content (AvgIpc) is 2.84. The largest absolute Gasteiger partial charge is 0.370 e. The van der Waals surface area contributed by atoms with Crippen LogP contribution < -0.4 is 5.32 Å². The molecule has 5 nitrogen and oxygen atoms in total. The summed E-state index contributed by atoms with van der Waals surface area (Å²) in [5.74, 6) is 1.83. The maximum Gasteiger partial charge on any atom is 0.165 e. The van der Waals surface area contributed by atoms with Crippen molar-refractivity contribution in [2.45, 2.75) is 46.0 Å². The number of aryl methyl sites for hydroxylation is 2.